The van der Waals surface area contributed by atoms with Gasteiger partial charge in [0.1, 0.15) is 13.2 Å². The van der Waals surface area contributed by atoms with E-state index in [0.717, 1.165) is 22.3 Å². The first-order valence-electron chi connectivity index (χ1n) is 9.58. The van der Waals surface area contributed by atoms with Crippen molar-refractivity contribution < 1.29 is 23.8 Å². The first-order valence-corrected chi connectivity index (χ1v) is 9.58. The Kier molecular flexibility index (Phi) is 4.09. The number of cyclic esters (lactones) is 1. The van der Waals surface area contributed by atoms with Crippen molar-refractivity contribution in [2.45, 2.75) is 38.3 Å². The third kappa shape index (κ3) is 2.85. The zero-order chi connectivity index (χ0) is 19.1. The van der Waals surface area contributed by atoms with Gasteiger partial charge in [0.25, 0.3) is 0 Å². The molecule has 2 aromatic rings. The summed E-state index contributed by atoms with van der Waals surface area (Å²) in [7, 11) is 0. The van der Waals surface area contributed by atoms with E-state index >= 15 is 0 Å². The molecule has 0 radical (unpaired) electrons. The second-order valence-corrected chi connectivity index (χ2v) is 7.55. The van der Waals surface area contributed by atoms with Crippen molar-refractivity contribution in [3.8, 4) is 0 Å². The van der Waals surface area contributed by atoms with E-state index in [2.05, 4.69) is 6.07 Å². The zero-order valence-electron chi connectivity index (χ0n) is 15.5. The van der Waals surface area contributed by atoms with Crippen LogP contribution in [0.2, 0.25) is 0 Å². The molecular weight excluding hydrogens is 358 g/mol. The number of hydrogen-bond donors (Lipinski definition) is 0. The summed E-state index contributed by atoms with van der Waals surface area (Å²) in [4.78, 5) is 26.0. The molecule has 0 atom stereocenters. The molecule has 0 bridgehead atoms. The van der Waals surface area contributed by atoms with Gasteiger partial charge in [0.15, 0.2) is 0 Å². The highest BCUT2D eigenvalue weighted by Crippen LogP contribution is 2.45. The molecular formula is C22H21NO5. The van der Waals surface area contributed by atoms with E-state index in [4.69, 9.17) is 14.2 Å². The number of carbonyl (C=O) groups excluding carboxylic acids is 2. The van der Waals surface area contributed by atoms with Gasteiger partial charge in [-0.2, -0.15) is 0 Å². The van der Waals surface area contributed by atoms with Gasteiger partial charge in [-0.3, -0.25) is 0 Å². The lowest BCUT2D eigenvalue weighted by Crippen LogP contribution is -2.45. The summed E-state index contributed by atoms with van der Waals surface area (Å²) in [5, 5.41) is 0. The Morgan fingerprint density at radius 3 is 2.64 bits per heavy atom. The number of hydrogen-bond acceptors (Lipinski definition) is 5. The molecule has 3 heterocycles. The van der Waals surface area contributed by atoms with Crippen LogP contribution >= 0.6 is 0 Å². The highest BCUT2D eigenvalue weighted by Gasteiger charge is 2.44. The van der Waals surface area contributed by atoms with Crippen molar-refractivity contribution in [1.29, 1.82) is 0 Å². The van der Waals surface area contributed by atoms with Crippen LogP contribution < -0.4 is 0 Å². The van der Waals surface area contributed by atoms with Crippen LogP contribution in [0.25, 0.3) is 0 Å². The number of benzene rings is 2. The van der Waals surface area contributed by atoms with E-state index in [1.54, 1.807) is 4.90 Å². The normalized spacial score (nSPS) is 19.3. The molecule has 0 aromatic heterocycles. The smallest absolute Gasteiger partial charge is 0.410 e. The van der Waals surface area contributed by atoms with Gasteiger partial charge in [0.05, 0.1) is 17.8 Å². The number of likely N-dealkylation sites (tertiary alicyclic amines) is 1. The highest BCUT2D eigenvalue weighted by molar-refractivity contribution is 5.93. The standard InChI is InChI=1S/C22H21NO5/c24-20-18-10-17-14-28-22(19(17)11-16(18)13-26-20)6-8-23(9-7-22)21(25)27-12-15-4-2-1-3-5-15/h1-5,10-11H,6-9,12-14H2. The highest BCUT2D eigenvalue weighted by atomic mass is 16.6. The minimum Gasteiger partial charge on any atom is -0.457 e. The molecule has 144 valence electrons. The Balaban J connectivity index is 1.26. The molecule has 1 saturated heterocycles. The summed E-state index contributed by atoms with van der Waals surface area (Å²) in [6.07, 6.45) is 1.15. The Bertz CT molecular complexity index is 931. The lowest BCUT2D eigenvalue weighted by atomic mass is 9.82. The quantitative estimate of drug-likeness (QED) is 0.747. The number of ether oxygens (including phenoxy) is 3. The van der Waals surface area contributed by atoms with Crippen LogP contribution in [0.15, 0.2) is 42.5 Å². The summed E-state index contributed by atoms with van der Waals surface area (Å²) in [5.74, 6) is -0.255. The molecule has 3 aliphatic heterocycles. The predicted molar refractivity (Wildman–Crippen MR) is 99.5 cm³/mol. The maximum Gasteiger partial charge on any atom is 0.410 e. The summed E-state index contributed by atoms with van der Waals surface area (Å²) in [5.41, 5.74) is 4.37. The number of amides is 1. The third-order valence-electron chi connectivity index (χ3n) is 5.94. The minimum absolute atomic E-state index is 0.255. The maximum atomic E-state index is 12.4. The van der Waals surface area contributed by atoms with Crippen molar-refractivity contribution in [1.82, 2.24) is 4.90 Å². The van der Waals surface area contributed by atoms with Crippen molar-refractivity contribution >= 4 is 12.1 Å². The van der Waals surface area contributed by atoms with Gasteiger partial charge >= 0.3 is 12.1 Å². The van der Waals surface area contributed by atoms with Crippen molar-refractivity contribution in [2.24, 2.45) is 0 Å². The van der Waals surface area contributed by atoms with Gasteiger partial charge in [-0.1, -0.05) is 30.3 Å². The van der Waals surface area contributed by atoms with Crippen molar-refractivity contribution in [3.63, 3.8) is 0 Å². The van der Waals surface area contributed by atoms with Crippen LogP contribution in [-0.4, -0.2) is 30.1 Å². The molecule has 3 aliphatic rings. The van der Waals surface area contributed by atoms with Crippen LogP contribution in [0.4, 0.5) is 4.79 Å². The summed E-state index contributed by atoms with van der Waals surface area (Å²) >= 11 is 0. The van der Waals surface area contributed by atoms with E-state index in [0.29, 0.717) is 44.7 Å². The number of piperidine rings is 1. The Labute approximate surface area is 163 Å². The predicted octanol–water partition coefficient (Wildman–Crippen LogP) is 3.52. The zero-order valence-corrected chi connectivity index (χ0v) is 15.5. The van der Waals surface area contributed by atoms with Gasteiger partial charge in [-0.05, 0) is 41.7 Å². The number of esters is 1. The molecule has 0 saturated carbocycles. The van der Waals surface area contributed by atoms with E-state index in [9.17, 15) is 9.59 Å². The molecule has 1 amide bonds. The topological polar surface area (TPSA) is 65.1 Å². The average Bonchev–Trinajstić information content (AvgIpc) is 3.27. The van der Waals surface area contributed by atoms with Gasteiger partial charge in [0.2, 0.25) is 0 Å². The Hall–Kier alpha value is -2.86. The minimum atomic E-state index is -0.383. The molecule has 0 N–H and O–H groups in total. The fraction of sp³-hybridized carbons (Fsp3) is 0.364. The second-order valence-electron chi connectivity index (χ2n) is 7.55. The van der Waals surface area contributed by atoms with Gasteiger partial charge in [-0.25, -0.2) is 9.59 Å². The first-order chi connectivity index (χ1) is 13.6. The van der Waals surface area contributed by atoms with E-state index in [1.807, 2.05) is 36.4 Å². The second kappa shape index (κ2) is 6.63. The van der Waals surface area contributed by atoms with E-state index in [1.165, 1.54) is 0 Å². The lowest BCUT2D eigenvalue weighted by Gasteiger charge is -2.38. The third-order valence-corrected chi connectivity index (χ3v) is 5.94. The first kappa shape index (κ1) is 17.3. The van der Waals surface area contributed by atoms with Gasteiger partial charge in [-0.15, -0.1) is 0 Å². The molecule has 1 spiro atoms. The molecule has 6 heteroatoms. The Morgan fingerprint density at radius 1 is 1.07 bits per heavy atom. The number of carbonyl (C=O) groups is 2. The van der Waals surface area contributed by atoms with Crippen LogP contribution in [0, 0.1) is 0 Å². The summed E-state index contributed by atoms with van der Waals surface area (Å²) < 4.78 is 16.8. The van der Waals surface area contributed by atoms with Crippen LogP contribution in [-0.2, 0) is 39.6 Å². The molecule has 1 fully saturated rings. The van der Waals surface area contributed by atoms with E-state index < -0.39 is 0 Å². The molecule has 28 heavy (non-hydrogen) atoms. The largest absolute Gasteiger partial charge is 0.457 e. The maximum absolute atomic E-state index is 12.4. The molecule has 0 unspecified atom stereocenters. The fourth-order valence-corrected chi connectivity index (χ4v) is 4.33. The van der Waals surface area contributed by atoms with Crippen molar-refractivity contribution in [3.05, 3.63) is 70.3 Å². The molecule has 6 nitrogen and oxygen atoms in total. The van der Waals surface area contributed by atoms with Gasteiger partial charge < -0.3 is 19.1 Å². The van der Waals surface area contributed by atoms with Crippen LogP contribution in [0.3, 0.4) is 0 Å². The Morgan fingerprint density at radius 2 is 1.86 bits per heavy atom. The number of nitrogens with zero attached hydrogens (tertiary/aromatic N) is 1. The molecule has 0 aliphatic carbocycles. The molecule has 5 rings (SSSR count). The lowest BCUT2D eigenvalue weighted by molar-refractivity contribution is -0.0766. The van der Waals surface area contributed by atoms with Crippen LogP contribution in [0.1, 0.15) is 45.5 Å². The number of rotatable bonds is 2. The molecule has 2 aromatic carbocycles. The average molecular weight is 379 g/mol. The van der Waals surface area contributed by atoms with E-state index in [-0.39, 0.29) is 24.3 Å². The van der Waals surface area contributed by atoms with Crippen LogP contribution in [0.5, 0.6) is 0 Å². The summed E-state index contributed by atoms with van der Waals surface area (Å²) in [6.45, 7) is 2.27. The monoisotopic (exact) mass is 379 g/mol. The van der Waals surface area contributed by atoms with Gasteiger partial charge in [0, 0.05) is 18.7 Å². The summed E-state index contributed by atoms with van der Waals surface area (Å²) in [6, 6.07) is 13.6. The fourth-order valence-electron chi connectivity index (χ4n) is 4.33. The number of fused-ring (bicyclic) bond motifs is 3. The van der Waals surface area contributed by atoms with Crippen molar-refractivity contribution in [2.75, 3.05) is 13.1 Å². The SMILES string of the molecule is O=C1OCc2cc3c(cc21)COC31CCN(C(=O)OCc2ccccc2)CC1.